The Kier molecular flexibility index (Phi) is 7.51. The minimum Gasteiger partial charge on any atom is -0.494 e. The second-order valence-electron chi connectivity index (χ2n) is 5.93. The van der Waals surface area contributed by atoms with Gasteiger partial charge in [0.15, 0.2) is 0 Å². The Morgan fingerprint density at radius 1 is 1.17 bits per heavy atom. The Balaban J connectivity index is 2.01. The molecule has 1 amide bonds. The summed E-state index contributed by atoms with van der Waals surface area (Å²) in [6.45, 7) is 1.75. The molecule has 0 radical (unpaired) electrons. The lowest BCUT2D eigenvalue weighted by Crippen LogP contribution is -2.30. The molecule has 0 aliphatic heterocycles. The first-order valence-electron chi connectivity index (χ1n) is 8.70. The number of hydrogen-bond donors (Lipinski definition) is 3. The maximum atomic E-state index is 13.6. The Bertz CT molecular complexity index is 938. The molecule has 2 aromatic rings. The number of nitrogens with one attached hydrogen (secondary N) is 3. The number of amides is 1. The molecule has 10 heteroatoms. The van der Waals surface area contributed by atoms with Crippen LogP contribution >= 0.6 is 0 Å². The van der Waals surface area contributed by atoms with Crippen molar-refractivity contribution >= 4 is 11.7 Å². The normalized spacial score (nSPS) is 11.4. The predicted molar refractivity (Wildman–Crippen MR) is 100 cm³/mol. The van der Waals surface area contributed by atoms with E-state index in [1.807, 2.05) is 5.32 Å². The van der Waals surface area contributed by atoms with Crippen LogP contribution < -0.4 is 15.4 Å². The van der Waals surface area contributed by atoms with Crippen molar-refractivity contribution in [1.29, 1.82) is 5.41 Å². The average molecular weight is 427 g/mol. The second-order valence-corrected chi connectivity index (χ2v) is 5.93. The van der Waals surface area contributed by atoms with Gasteiger partial charge in [0, 0.05) is 12.7 Å². The van der Waals surface area contributed by atoms with Crippen molar-refractivity contribution in [1.82, 2.24) is 10.6 Å². The van der Waals surface area contributed by atoms with Gasteiger partial charge in [-0.25, -0.2) is 8.78 Å². The van der Waals surface area contributed by atoms with Gasteiger partial charge >= 0.3 is 6.18 Å². The summed E-state index contributed by atoms with van der Waals surface area (Å²) < 4.78 is 71.8. The number of carbonyl (C=O) groups is 1. The molecule has 0 aromatic heterocycles. The molecule has 0 aliphatic rings. The van der Waals surface area contributed by atoms with Crippen molar-refractivity contribution in [2.24, 2.45) is 0 Å². The van der Waals surface area contributed by atoms with E-state index in [2.05, 4.69) is 5.32 Å². The summed E-state index contributed by atoms with van der Waals surface area (Å²) >= 11 is 0. The van der Waals surface area contributed by atoms with E-state index >= 15 is 0 Å². The van der Waals surface area contributed by atoms with Gasteiger partial charge in [0.2, 0.25) is 0 Å². The Hall–Kier alpha value is -3.43. The van der Waals surface area contributed by atoms with Crippen molar-refractivity contribution < 1.29 is 31.5 Å². The summed E-state index contributed by atoms with van der Waals surface area (Å²) in [6, 6.07) is 6.27. The number of benzene rings is 2. The topological polar surface area (TPSA) is 74.2 Å². The molecule has 0 saturated carbocycles. The predicted octanol–water partition coefficient (Wildman–Crippen LogP) is 4.39. The monoisotopic (exact) mass is 427 g/mol. The number of hydrogen-bond acceptors (Lipinski definition) is 4. The Morgan fingerprint density at radius 2 is 1.83 bits per heavy atom. The molecule has 5 nitrogen and oxygen atoms in total. The van der Waals surface area contributed by atoms with Gasteiger partial charge in [-0.3, -0.25) is 10.2 Å². The number of halogens is 5. The van der Waals surface area contributed by atoms with E-state index in [1.54, 1.807) is 6.92 Å². The van der Waals surface area contributed by atoms with Crippen molar-refractivity contribution in [3.8, 4) is 5.75 Å². The van der Waals surface area contributed by atoms with Crippen molar-refractivity contribution in [2.45, 2.75) is 19.6 Å². The molecule has 0 saturated heterocycles. The molecule has 0 atom stereocenters. The van der Waals surface area contributed by atoms with Crippen molar-refractivity contribution in [3.05, 3.63) is 77.0 Å². The van der Waals surface area contributed by atoms with E-state index in [0.29, 0.717) is 0 Å². The number of alkyl halides is 3. The molecule has 2 aromatic carbocycles. The van der Waals surface area contributed by atoms with Gasteiger partial charge in [-0.1, -0.05) is 6.07 Å². The highest BCUT2D eigenvalue weighted by molar-refractivity contribution is 6.09. The molecule has 30 heavy (non-hydrogen) atoms. The average Bonchev–Trinajstić information content (AvgIpc) is 2.64. The Morgan fingerprint density at radius 3 is 2.43 bits per heavy atom. The van der Waals surface area contributed by atoms with Crippen LogP contribution in [0.15, 0.2) is 48.7 Å². The van der Waals surface area contributed by atoms with Crippen LogP contribution in [0.4, 0.5) is 22.0 Å². The maximum absolute atomic E-state index is 13.6. The van der Waals surface area contributed by atoms with Gasteiger partial charge in [-0.05, 0) is 48.9 Å². The number of ether oxygens (including phenoxy) is 1. The second kappa shape index (κ2) is 9.86. The summed E-state index contributed by atoms with van der Waals surface area (Å²) in [5, 5.41) is 12.2. The highest BCUT2D eigenvalue weighted by Crippen LogP contribution is 2.33. The summed E-state index contributed by atoms with van der Waals surface area (Å²) in [4.78, 5) is 11.9. The van der Waals surface area contributed by atoms with Gasteiger partial charge in [0.1, 0.15) is 28.8 Å². The largest absolute Gasteiger partial charge is 0.494 e. The highest BCUT2D eigenvalue weighted by atomic mass is 19.4. The lowest BCUT2D eigenvalue weighted by molar-refractivity contribution is -0.138. The first-order valence-corrected chi connectivity index (χ1v) is 8.70. The molecule has 0 heterocycles. The van der Waals surface area contributed by atoms with Gasteiger partial charge in [-0.15, -0.1) is 0 Å². The molecular formula is C20H18F5N3O2. The van der Waals surface area contributed by atoms with Crippen LogP contribution in [0, 0.1) is 17.0 Å². The SMILES string of the molecule is CCOc1ccc(C(F)(F)F)c(CN/C=C\C(=N)NC(=O)c2c(F)cccc2F)c1. The van der Waals surface area contributed by atoms with E-state index in [9.17, 15) is 26.7 Å². The molecule has 2 rings (SSSR count). The smallest absolute Gasteiger partial charge is 0.416 e. The lowest BCUT2D eigenvalue weighted by Gasteiger charge is -2.14. The molecule has 0 aliphatic carbocycles. The van der Waals surface area contributed by atoms with E-state index in [1.165, 1.54) is 12.1 Å². The van der Waals surface area contributed by atoms with Crippen molar-refractivity contribution in [3.63, 3.8) is 0 Å². The first kappa shape index (κ1) is 22.9. The fourth-order valence-electron chi connectivity index (χ4n) is 2.50. The molecule has 0 spiro atoms. The van der Waals surface area contributed by atoms with Crippen LogP contribution in [0.1, 0.15) is 28.4 Å². The van der Waals surface area contributed by atoms with E-state index in [-0.39, 0.29) is 24.5 Å². The van der Waals surface area contributed by atoms with Crippen LogP contribution in [-0.2, 0) is 12.7 Å². The molecular weight excluding hydrogens is 409 g/mol. The first-order chi connectivity index (χ1) is 14.1. The van der Waals surface area contributed by atoms with Crippen LogP contribution in [0.25, 0.3) is 0 Å². The summed E-state index contributed by atoms with van der Waals surface area (Å²) in [6.07, 6.45) is -2.40. The third-order valence-corrected chi connectivity index (χ3v) is 3.79. The van der Waals surface area contributed by atoms with Crippen LogP contribution in [0.5, 0.6) is 5.75 Å². The van der Waals surface area contributed by atoms with Gasteiger partial charge < -0.3 is 15.4 Å². The third-order valence-electron chi connectivity index (χ3n) is 3.79. The molecule has 160 valence electrons. The fraction of sp³-hybridized carbons (Fsp3) is 0.200. The minimum absolute atomic E-state index is 0.0814. The van der Waals surface area contributed by atoms with Gasteiger partial charge in [0.25, 0.3) is 5.91 Å². The summed E-state index contributed by atoms with van der Waals surface area (Å²) in [5.41, 5.74) is -1.77. The zero-order valence-corrected chi connectivity index (χ0v) is 15.7. The van der Waals surface area contributed by atoms with E-state index in [0.717, 1.165) is 36.5 Å². The van der Waals surface area contributed by atoms with Gasteiger partial charge in [-0.2, -0.15) is 13.2 Å². The zero-order valence-electron chi connectivity index (χ0n) is 15.7. The molecule has 3 N–H and O–H groups in total. The van der Waals surface area contributed by atoms with Crippen LogP contribution in [-0.4, -0.2) is 18.3 Å². The number of carbonyl (C=O) groups excluding carboxylic acids is 1. The molecule has 0 unspecified atom stereocenters. The molecule has 0 fully saturated rings. The fourth-order valence-corrected chi connectivity index (χ4v) is 2.50. The number of rotatable bonds is 7. The third kappa shape index (κ3) is 6.03. The van der Waals surface area contributed by atoms with Crippen LogP contribution in [0.2, 0.25) is 0 Å². The number of amidine groups is 1. The summed E-state index contributed by atoms with van der Waals surface area (Å²) in [5.74, 6) is -3.58. The highest BCUT2D eigenvalue weighted by Gasteiger charge is 2.33. The molecule has 0 bridgehead atoms. The quantitative estimate of drug-likeness (QED) is 0.349. The summed E-state index contributed by atoms with van der Waals surface area (Å²) in [7, 11) is 0. The van der Waals surface area contributed by atoms with Crippen molar-refractivity contribution in [2.75, 3.05) is 6.61 Å². The lowest BCUT2D eigenvalue weighted by atomic mass is 10.1. The van der Waals surface area contributed by atoms with E-state index < -0.39 is 40.7 Å². The Labute approximate surface area is 169 Å². The van der Waals surface area contributed by atoms with Gasteiger partial charge in [0.05, 0.1) is 12.2 Å². The minimum atomic E-state index is -4.56. The maximum Gasteiger partial charge on any atom is 0.416 e. The zero-order chi connectivity index (χ0) is 22.3. The standard InChI is InChI=1S/C20H18F5N3O2/c1-2-30-13-6-7-14(20(23,24)25)12(10-13)11-27-9-8-17(26)28-19(29)18-15(21)4-3-5-16(18)22/h3-10,27H,2,11H2,1H3,(H2,26,28,29)/b9-8-. The van der Waals surface area contributed by atoms with Crippen LogP contribution in [0.3, 0.4) is 0 Å². The van der Waals surface area contributed by atoms with E-state index in [4.69, 9.17) is 10.1 Å².